The maximum atomic E-state index is 12.3. The lowest BCUT2D eigenvalue weighted by molar-refractivity contribution is 0.481. The van der Waals surface area contributed by atoms with Crippen molar-refractivity contribution < 1.29 is 21.6 Å². The van der Waals surface area contributed by atoms with E-state index in [4.69, 9.17) is 4.74 Å². The lowest BCUT2D eigenvalue weighted by atomic mass is 10.3. The van der Waals surface area contributed by atoms with Crippen molar-refractivity contribution in [2.75, 3.05) is 0 Å². The highest BCUT2D eigenvalue weighted by Gasteiger charge is 2.18. The molecule has 7 nitrogen and oxygen atoms in total. The first-order valence-electron chi connectivity index (χ1n) is 9.50. The molecule has 0 aliphatic carbocycles. The highest BCUT2D eigenvalue weighted by Crippen LogP contribution is 2.24. The first-order valence-corrected chi connectivity index (χ1v) is 12.5. The molecule has 0 saturated carbocycles. The molecule has 0 amide bonds. The molecule has 0 aliphatic rings. The normalized spacial score (nSPS) is 14.3. The Labute approximate surface area is 173 Å². The van der Waals surface area contributed by atoms with E-state index in [9.17, 15) is 16.8 Å². The molecule has 160 valence electrons. The summed E-state index contributed by atoms with van der Waals surface area (Å²) in [6.07, 6.45) is 1.39. The van der Waals surface area contributed by atoms with Crippen molar-refractivity contribution in [2.24, 2.45) is 0 Å². The molecule has 2 atom stereocenters. The van der Waals surface area contributed by atoms with Crippen LogP contribution < -0.4 is 14.2 Å². The van der Waals surface area contributed by atoms with Crippen LogP contribution in [0.4, 0.5) is 0 Å². The van der Waals surface area contributed by atoms with Crippen LogP contribution in [0.1, 0.15) is 40.5 Å². The first-order chi connectivity index (χ1) is 13.6. The summed E-state index contributed by atoms with van der Waals surface area (Å²) in [5.41, 5.74) is 0. The Kier molecular flexibility index (Phi) is 7.81. The zero-order valence-electron chi connectivity index (χ0n) is 17.0. The molecule has 0 radical (unpaired) electrons. The van der Waals surface area contributed by atoms with Crippen molar-refractivity contribution in [2.45, 2.75) is 62.4 Å². The van der Waals surface area contributed by atoms with E-state index >= 15 is 0 Å². The van der Waals surface area contributed by atoms with E-state index in [0.29, 0.717) is 24.3 Å². The van der Waals surface area contributed by atoms with Gasteiger partial charge in [0.2, 0.25) is 20.0 Å². The Hall–Kier alpha value is -1.94. The van der Waals surface area contributed by atoms with Crippen LogP contribution in [0.3, 0.4) is 0 Å². The van der Waals surface area contributed by atoms with Crippen molar-refractivity contribution in [3.8, 4) is 11.5 Å². The first kappa shape index (κ1) is 23.3. The Balaban J connectivity index is 2.09. The molecule has 0 saturated heterocycles. The van der Waals surface area contributed by atoms with Crippen LogP contribution in [0, 0.1) is 0 Å². The number of sulfonamides is 2. The Morgan fingerprint density at radius 1 is 0.690 bits per heavy atom. The molecule has 2 aromatic rings. The van der Waals surface area contributed by atoms with E-state index < -0.39 is 20.0 Å². The van der Waals surface area contributed by atoms with Gasteiger partial charge in [-0.3, -0.25) is 0 Å². The maximum absolute atomic E-state index is 12.3. The lowest BCUT2D eigenvalue weighted by Crippen LogP contribution is -2.31. The van der Waals surface area contributed by atoms with Gasteiger partial charge >= 0.3 is 0 Å². The summed E-state index contributed by atoms with van der Waals surface area (Å²) in [5, 5.41) is 0. The molecule has 2 N–H and O–H groups in total. The van der Waals surface area contributed by atoms with Crippen LogP contribution in [0.2, 0.25) is 0 Å². The van der Waals surface area contributed by atoms with Crippen LogP contribution in [0.15, 0.2) is 58.3 Å². The van der Waals surface area contributed by atoms with Crippen molar-refractivity contribution in [3.05, 3.63) is 48.5 Å². The van der Waals surface area contributed by atoms with Crippen LogP contribution in [0.5, 0.6) is 11.5 Å². The fourth-order valence-corrected chi connectivity index (χ4v) is 5.00. The number of hydrogen-bond acceptors (Lipinski definition) is 5. The molecule has 0 spiro atoms. The van der Waals surface area contributed by atoms with Gasteiger partial charge in [0.15, 0.2) is 0 Å². The predicted octanol–water partition coefficient (Wildman–Crippen LogP) is 3.63. The van der Waals surface area contributed by atoms with Crippen LogP contribution in [-0.4, -0.2) is 28.9 Å². The molecule has 2 aromatic carbocycles. The average Bonchev–Trinajstić information content (AvgIpc) is 2.68. The third-order valence-electron chi connectivity index (χ3n) is 4.44. The SMILES string of the molecule is CC[C@@H](C)NS(=O)(=O)c1ccc(Oc2ccc(S(=O)(=O)N[C@@H](C)CC)cc2)cc1. The Bertz CT molecular complexity index is 918. The van der Waals surface area contributed by atoms with Crippen LogP contribution >= 0.6 is 0 Å². The van der Waals surface area contributed by atoms with Gasteiger partial charge < -0.3 is 4.74 Å². The summed E-state index contributed by atoms with van der Waals surface area (Å²) in [4.78, 5) is 0.311. The monoisotopic (exact) mass is 440 g/mol. The van der Waals surface area contributed by atoms with E-state index in [1.165, 1.54) is 24.3 Å². The van der Waals surface area contributed by atoms with Crippen LogP contribution in [0.25, 0.3) is 0 Å². The topological polar surface area (TPSA) is 102 Å². The van der Waals surface area contributed by atoms with Gasteiger partial charge in [-0.2, -0.15) is 0 Å². The van der Waals surface area contributed by atoms with Crippen molar-refractivity contribution in [1.82, 2.24) is 9.44 Å². The third-order valence-corrected chi connectivity index (χ3v) is 7.65. The molecule has 0 heterocycles. The van der Waals surface area contributed by atoms with Gasteiger partial charge in [-0.25, -0.2) is 26.3 Å². The van der Waals surface area contributed by atoms with Gasteiger partial charge in [0.05, 0.1) is 9.79 Å². The van der Waals surface area contributed by atoms with Crippen LogP contribution in [-0.2, 0) is 20.0 Å². The number of rotatable bonds is 10. The summed E-state index contributed by atoms with van der Waals surface area (Å²) >= 11 is 0. The van der Waals surface area contributed by atoms with Gasteiger partial charge in [0.1, 0.15) is 11.5 Å². The quantitative estimate of drug-likeness (QED) is 0.587. The minimum atomic E-state index is -3.57. The minimum Gasteiger partial charge on any atom is -0.457 e. The highest BCUT2D eigenvalue weighted by molar-refractivity contribution is 7.89. The molecule has 0 unspecified atom stereocenters. The third kappa shape index (κ3) is 6.53. The van der Waals surface area contributed by atoms with Gasteiger partial charge in [-0.15, -0.1) is 0 Å². The molecule has 0 aromatic heterocycles. The second-order valence-corrected chi connectivity index (χ2v) is 10.3. The van der Waals surface area contributed by atoms with E-state index in [1.807, 2.05) is 13.8 Å². The number of benzene rings is 2. The van der Waals surface area contributed by atoms with E-state index in [0.717, 1.165) is 0 Å². The van der Waals surface area contributed by atoms with Crippen molar-refractivity contribution in [1.29, 1.82) is 0 Å². The number of hydrogen-bond donors (Lipinski definition) is 2. The summed E-state index contributed by atoms with van der Waals surface area (Å²) < 4.78 is 60.0. The summed E-state index contributed by atoms with van der Waals surface area (Å²) in [6.45, 7) is 7.41. The van der Waals surface area contributed by atoms with Gasteiger partial charge in [0.25, 0.3) is 0 Å². The summed E-state index contributed by atoms with van der Waals surface area (Å²) in [6, 6.07) is 11.8. The van der Waals surface area contributed by atoms with E-state index in [1.54, 1.807) is 38.1 Å². The number of nitrogens with one attached hydrogen (secondary N) is 2. The van der Waals surface area contributed by atoms with Crippen molar-refractivity contribution >= 4 is 20.0 Å². The average molecular weight is 441 g/mol. The zero-order valence-corrected chi connectivity index (χ0v) is 18.7. The molecule has 29 heavy (non-hydrogen) atoms. The van der Waals surface area contributed by atoms with Gasteiger partial charge in [-0.1, -0.05) is 13.8 Å². The molecule has 9 heteroatoms. The second kappa shape index (κ2) is 9.71. The Morgan fingerprint density at radius 3 is 1.28 bits per heavy atom. The van der Waals surface area contributed by atoms with Crippen molar-refractivity contribution in [3.63, 3.8) is 0 Å². The fraction of sp³-hybridized carbons (Fsp3) is 0.400. The second-order valence-electron chi connectivity index (χ2n) is 6.91. The predicted molar refractivity (Wildman–Crippen MR) is 113 cm³/mol. The molecule has 0 aliphatic heterocycles. The molecular formula is C20H28N2O5S2. The fourth-order valence-electron chi connectivity index (χ4n) is 2.34. The maximum Gasteiger partial charge on any atom is 0.240 e. The smallest absolute Gasteiger partial charge is 0.240 e. The lowest BCUT2D eigenvalue weighted by Gasteiger charge is -2.13. The van der Waals surface area contributed by atoms with Gasteiger partial charge in [-0.05, 0) is 75.2 Å². The Morgan fingerprint density at radius 2 is 1.00 bits per heavy atom. The largest absolute Gasteiger partial charge is 0.457 e. The van der Waals surface area contributed by atoms with Gasteiger partial charge in [0, 0.05) is 12.1 Å². The highest BCUT2D eigenvalue weighted by atomic mass is 32.2. The summed E-state index contributed by atoms with van der Waals surface area (Å²) in [5.74, 6) is 0.890. The summed E-state index contributed by atoms with van der Waals surface area (Å²) in [7, 11) is -7.15. The molecule has 0 fully saturated rings. The molecule has 0 bridgehead atoms. The van der Waals surface area contributed by atoms with E-state index in [-0.39, 0.29) is 21.9 Å². The molecule has 2 rings (SSSR count). The van der Waals surface area contributed by atoms with E-state index in [2.05, 4.69) is 9.44 Å². The number of ether oxygens (including phenoxy) is 1. The standard InChI is InChI=1S/C20H28N2O5S2/c1-5-15(3)21-28(23,24)19-11-7-17(8-12-19)27-18-9-13-20(14-10-18)29(25,26)22-16(4)6-2/h7-16,21-22H,5-6H2,1-4H3/t15-,16+. The molecular weight excluding hydrogens is 412 g/mol. The minimum absolute atomic E-state index is 0.152. The zero-order chi connectivity index (χ0) is 21.7.